The molecule has 0 aliphatic rings. The number of halogens is 2. The number of benzene rings is 2. The van der Waals surface area contributed by atoms with E-state index in [4.69, 9.17) is 21.8 Å². The molecule has 3 nitrogen and oxygen atoms in total. The zero-order valence-corrected chi connectivity index (χ0v) is 11.3. The summed E-state index contributed by atoms with van der Waals surface area (Å²) in [6.45, 7) is 0. The van der Waals surface area contributed by atoms with Crippen LogP contribution in [0, 0.1) is 5.82 Å². The van der Waals surface area contributed by atoms with Gasteiger partial charge in [-0.15, -0.1) is 0 Å². The Hall–Kier alpha value is -2.07. The SMILES string of the molecule is Nc1ccccc1CCc1nc2cc(Cl)c(F)cc2o1. The van der Waals surface area contributed by atoms with Gasteiger partial charge in [0.25, 0.3) is 0 Å². The second-order valence-electron chi connectivity index (χ2n) is 4.54. The molecule has 0 atom stereocenters. The largest absolute Gasteiger partial charge is 0.441 e. The van der Waals surface area contributed by atoms with E-state index >= 15 is 0 Å². The van der Waals surface area contributed by atoms with Crippen LogP contribution in [0.15, 0.2) is 40.8 Å². The number of hydrogen-bond donors (Lipinski definition) is 1. The summed E-state index contributed by atoms with van der Waals surface area (Å²) in [5.41, 5.74) is 8.64. The summed E-state index contributed by atoms with van der Waals surface area (Å²) in [4.78, 5) is 4.30. The highest BCUT2D eigenvalue weighted by Gasteiger charge is 2.10. The number of hydrogen-bond acceptors (Lipinski definition) is 3. The molecule has 0 bridgehead atoms. The fraction of sp³-hybridized carbons (Fsp3) is 0.133. The summed E-state index contributed by atoms with van der Waals surface area (Å²) in [5, 5.41) is 0.0460. The van der Waals surface area contributed by atoms with Crippen molar-refractivity contribution >= 4 is 28.4 Å². The number of nitrogens with two attached hydrogens (primary N) is 1. The molecule has 2 N–H and O–H groups in total. The molecule has 0 fully saturated rings. The summed E-state index contributed by atoms with van der Waals surface area (Å²) < 4.78 is 18.8. The van der Waals surface area contributed by atoms with Gasteiger partial charge in [0.05, 0.1) is 5.02 Å². The Kier molecular flexibility index (Phi) is 3.32. The molecule has 0 amide bonds. The monoisotopic (exact) mass is 290 g/mol. The van der Waals surface area contributed by atoms with E-state index in [9.17, 15) is 4.39 Å². The van der Waals surface area contributed by atoms with Crippen LogP contribution in [-0.2, 0) is 12.8 Å². The lowest BCUT2D eigenvalue weighted by molar-refractivity contribution is 0.525. The lowest BCUT2D eigenvalue weighted by atomic mass is 10.1. The van der Waals surface area contributed by atoms with Crippen LogP contribution < -0.4 is 5.73 Å². The second kappa shape index (κ2) is 5.13. The Labute approximate surface area is 120 Å². The van der Waals surface area contributed by atoms with E-state index in [0.717, 1.165) is 17.7 Å². The van der Waals surface area contributed by atoms with Crippen molar-refractivity contribution in [1.82, 2.24) is 4.98 Å². The number of aromatic nitrogens is 1. The summed E-state index contributed by atoms with van der Waals surface area (Å²) >= 11 is 5.72. The molecule has 0 aliphatic carbocycles. The average molecular weight is 291 g/mol. The van der Waals surface area contributed by atoms with Gasteiger partial charge in [0.1, 0.15) is 11.3 Å². The molecule has 0 saturated carbocycles. The molecule has 5 heteroatoms. The highest BCUT2D eigenvalue weighted by atomic mass is 35.5. The number of oxazole rings is 1. The Morgan fingerprint density at radius 2 is 2.00 bits per heavy atom. The molecule has 0 spiro atoms. The molecule has 0 unspecified atom stereocenters. The second-order valence-corrected chi connectivity index (χ2v) is 4.95. The fourth-order valence-electron chi connectivity index (χ4n) is 2.08. The van der Waals surface area contributed by atoms with Gasteiger partial charge in [-0.25, -0.2) is 9.37 Å². The van der Waals surface area contributed by atoms with Crippen molar-refractivity contribution in [3.63, 3.8) is 0 Å². The van der Waals surface area contributed by atoms with Gasteiger partial charge in [-0.05, 0) is 24.1 Å². The number of anilines is 1. The van der Waals surface area contributed by atoms with Crippen LogP contribution in [0.2, 0.25) is 5.02 Å². The van der Waals surface area contributed by atoms with E-state index in [-0.39, 0.29) is 5.02 Å². The maximum atomic E-state index is 13.3. The molecule has 3 rings (SSSR count). The zero-order valence-electron chi connectivity index (χ0n) is 10.6. The fourth-order valence-corrected chi connectivity index (χ4v) is 2.24. The molecule has 1 aromatic heterocycles. The van der Waals surface area contributed by atoms with E-state index < -0.39 is 5.82 Å². The first-order valence-electron chi connectivity index (χ1n) is 6.21. The molecule has 2 aromatic carbocycles. The third-order valence-electron chi connectivity index (χ3n) is 3.14. The number of nitrogen functional groups attached to an aromatic ring is 1. The molecule has 0 aliphatic heterocycles. The van der Waals surface area contributed by atoms with Gasteiger partial charge in [-0.1, -0.05) is 29.8 Å². The molecular formula is C15H12ClFN2O. The summed E-state index contributed by atoms with van der Waals surface area (Å²) in [6.07, 6.45) is 1.32. The number of para-hydroxylation sites is 1. The van der Waals surface area contributed by atoms with Crippen molar-refractivity contribution in [3.8, 4) is 0 Å². The molecule has 20 heavy (non-hydrogen) atoms. The molecule has 0 saturated heterocycles. The minimum Gasteiger partial charge on any atom is -0.441 e. The number of aryl methyl sites for hydroxylation is 2. The third-order valence-corrected chi connectivity index (χ3v) is 3.43. The Morgan fingerprint density at radius 1 is 1.20 bits per heavy atom. The van der Waals surface area contributed by atoms with E-state index in [1.54, 1.807) is 0 Å². The van der Waals surface area contributed by atoms with Crippen molar-refractivity contribution in [2.75, 3.05) is 5.73 Å². The van der Waals surface area contributed by atoms with Gasteiger partial charge in [0.2, 0.25) is 0 Å². The van der Waals surface area contributed by atoms with Crippen molar-refractivity contribution < 1.29 is 8.81 Å². The Morgan fingerprint density at radius 3 is 2.80 bits per heavy atom. The lowest BCUT2D eigenvalue weighted by Crippen LogP contribution is -1.96. The standard InChI is InChI=1S/C15H12ClFN2O/c16-10-7-13-14(8-11(10)17)20-15(19-13)6-5-9-3-1-2-4-12(9)18/h1-4,7-8H,5-6,18H2. The predicted molar refractivity (Wildman–Crippen MR) is 77.2 cm³/mol. The quantitative estimate of drug-likeness (QED) is 0.742. The maximum Gasteiger partial charge on any atom is 0.195 e. The van der Waals surface area contributed by atoms with E-state index in [2.05, 4.69) is 4.98 Å². The molecule has 1 heterocycles. The zero-order chi connectivity index (χ0) is 14.1. The molecule has 0 radical (unpaired) electrons. The number of rotatable bonds is 3. The van der Waals surface area contributed by atoms with Gasteiger partial charge >= 0.3 is 0 Å². The first kappa shape index (κ1) is 12.9. The Bertz CT molecular complexity index is 731. The van der Waals surface area contributed by atoms with Crippen LogP contribution in [0.1, 0.15) is 11.5 Å². The molecular weight excluding hydrogens is 279 g/mol. The van der Waals surface area contributed by atoms with Crippen LogP contribution >= 0.6 is 11.6 Å². The normalized spacial score (nSPS) is 11.1. The summed E-state index contributed by atoms with van der Waals surface area (Å²) in [5.74, 6) is 0.0408. The van der Waals surface area contributed by atoms with Crippen LogP contribution in [0.25, 0.3) is 11.1 Å². The van der Waals surface area contributed by atoms with Crippen molar-refractivity contribution in [2.45, 2.75) is 12.8 Å². The Balaban J connectivity index is 1.83. The van der Waals surface area contributed by atoms with Crippen LogP contribution in [0.4, 0.5) is 10.1 Å². The van der Waals surface area contributed by atoms with Gasteiger partial charge < -0.3 is 10.2 Å². The highest BCUT2D eigenvalue weighted by molar-refractivity contribution is 6.31. The van der Waals surface area contributed by atoms with Gasteiger partial charge in [-0.2, -0.15) is 0 Å². The third kappa shape index (κ3) is 2.47. The number of nitrogens with zero attached hydrogens (tertiary/aromatic N) is 1. The first-order chi connectivity index (χ1) is 9.63. The maximum absolute atomic E-state index is 13.3. The van der Waals surface area contributed by atoms with Crippen LogP contribution in [0.5, 0.6) is 0 Å². The van der Waals surface area contributed by atoms with E-state index in [0.29, 0.717) is 23.4 Å². The van der Waals surface area contributed by atoms with Gasteiger partial charge in [0, 0.05) is 18.2 Å². The van der Waals surface area contributed by atoms with Gasteiger partial charge in [0.15, 0.2) is 11.5 Å². The van der Waals surface area contributed by atoms with Crippen molar-refractivity contribution in [2.24, 2.45) is 0 Å². The summed E-state index contributed by atoms with van der Waals surface area (Å²) in [6, 6.07) is 10.4. The topological polar surface area (TPSA) is 52.0 Å². The first-order valence-corrected chi connectivity index (χ1v) is 6.59. The summed E-state index contributed by atoms with van der Waals surface area (Å²) in [7, 11) is 0. The highest BCUT2D eigenvalue weighted by Crippen LogP contribution is 2.24. The average Bonchev–Trinajstić information content (AvgIpc) is 2.80. The number of fused-ring (bicyclic) bond motifs is 1. The lowest BCUT2D eigenvalue weighted by Gasteiger charge is -2.02. The predicted octanol–water partition coefficient (Wildman–Crippen LogP) is 3.99. The van der Waals surface area contributed by atoms with Gasteiger partial charge in [-0.3, -0.25) is 0 Å². The van der Waals surface area contributed by atoms with E-state index in [1.165, 1.54) is 12.1 Å². The minimum atomic E-state index is -0.505. The van der Waals surface area contributed by atoms with Crippen molar-refractivity contribution in [3.05, 3.63) is 58.7 Å². The smallest absolute Gasteiger partial charge is 0.195 e. The molecule has 102 valence electrons. The van der Waals surface area contributed by atoms with Crippen LogP contribution in [-0.4, -0.2) is 4.98 Å². The van der Waals surface area contributed by atoms with E-state index in [1.807, 2.05) is 24.3 Å². The van der Waals surface area contributed by atoms with Crippen molar-refractivity contribution in [1.29, 1.82) is 0 Å². The molecule has 3 aromatic rings. The minimum absolute atomic E-state index is 0.0460. The van der Waals surface area contributed by atoms with Crippen LogP contribution in [0.3, 0.4) is 0 Å².